The summed E-state index contributed by atoms with van der Waals surface area (Å²) >= 11 is 0. The van der Waals surface area contributed by atoms with Crippen molar-refractivity contribution in [3.63, 3.8) is 0 Å². The maximum absolute atomic E-state index is 13.1. The van der Waals surface area contributed by atoms with Gasteiger partial charge in [0.25, 0.3) is 11.5 Å². The third-order valence-electron chi connectivity index (χ3n) is 6.39. The third-order valence-corrected chi connectivity index (χ3v) is 6.39. The molecule has 202 valence electrons. The average Bonchev–Trinajstić information content (AvgIpc) is 3.51. The lowest BCUT2D eigenvalue weighted by atomic mass is 10.1. The van der Waals surface area contributed by atoms with Crippen LogP contribution >= 0.6 is 0 Å². The van der Waals surface area contributed by atoms with Crippen LogP contribution in [0.15, 0.2) is 89.7 Å². The van der Waals surface area contributed by atoms with Crippen LogP contribution in [0.1, 0.15) is 16.1 Å². The number of hydrogen-bond acceptors (Lipinski definition) is 5. The molecule has 5 aromatic rings. The number of aromatic nitrogens is 4. The first-order valence-corrected chi connectivity index (χ1v) is 12.4. The molecule has 0 atom stereocenters. The molecule has 0 spiro atoms. The number of aromatic amines is 1. The second-order valence-electron chi connectivity index (χ2n) is 8.95. The topological polar surface area (TPSA) is 135 Å². The van der Waals surface area contributed by atoms with Crippen LogP contribution in [0.4, 0.5) is 22.0 Å². The van der Waals surface area contributed by atoms with E-state index in [-0.39, 0.29) is 16.8 Å². The van der Waals surface area contributed by atoms with Crippen molar-refractivity contribution in [2.24, 2.45) is 7.05 Å². The van der Waals surface area contributed by atoms with Gasteiger partial charge in [-0.1, -0.05) is 24.3 Å². The molecular weight excluding hydrogens is 510 g/mol. The second kappa shape index (κ2) is 11.0. The number of nitrogens with one attached hydrogen (secondary N) is 4. The number of anilines is 3. The lowest BCUT2D eigenvalue weighted by molar-refractivity contribution is 0.102. The molecule has 4 N–H and O–H groups in total. The first-order chi connectivity index (χ1) is 19.3. The molecule has 0 aliphatic carbocycles. The minimum atomic E-state index is -0.521. The maximum atomic E-state index is 13.1. The van der Waals surface area contributed by atoms with E-state index < -0.39 is 11.9 Å². The fourth-order valence-corrected chi connectivity index (χ4v) is 4.22. The van der Waals surface area contributed by atoms with E-state index in [1.54, 1.807) is 50.0 Å². The quantitative estimate of drug-likeness (QED) is 0.237. The molecule has 0 aliphatic rings. The van der Waals surface area contributed by atoms with E-state index in [2.05, 4.69) is 26.1 Å². The first-order valence-electron chi connectivity index (χ1n) is 12.4. The second-order valence-corrected chi connectivity index (χ2v) is 8.95. The summed E-state index contributed by atoms with van der Waals surface area (Å²) in [5, 5.41) is 15.1. The highest BCUT2D eigenvalue weighted by Gasteiger charge is 2.19. The molecular formula is C29H27N7O4. The molecule has 5 rings (SSSR count). The van der Waals surface area contributed by atoms with Gasteiger partial charge < -0.3 is 15.4 Å². The fourth-order valence-electron chi connectivity index (χ4n) is 4.22. The predicted molar refractivity (Wildman–Crippen MR) is 153 cm³/mol. The summed E-state index contributed by atoms with van der Waals surface area (Å²) < 4.78 is 8.35. The number of methoxy groups -OCH3 is 1. The molecule has 2 aromatic heterocycles. The van der Waals surface area contributed by atoms with Crippen molar-refractivity contribution in [3.8, 4) is 22.7 Å². The molecule has 0 bridgehead atoms. The van der Waals surface area contributed by atoms with Gasteiger partial charge in [-0.05, 0) is 61.5 Å². The van der Waals surface area contributed by atoms with E-state index in [0.29, 0.717) is 28.6 Å². The van der Waals surface area contributed by atoms with E-state index in [9.17, 15) is 14.4 Å². The van der Waals surface area contributed by atoms with E-state index in [1.807, 2.05) is 54.6 Å². The van der Waals surface area contributed by atoms with E-state index in [4.69, 9.17) is 4.74 Å². The summed E-state index contributed by atoms with van der Waals surface area (Å²) in [4.78, 5) is 38.8. The maximum Gasteiger partial charge on any atom is 0.324 e. The van der Waals surface area contributed by atoms with Crippen molar-refractivity contribution in [1.82, 2.24) is 19.6 Å². The zero-order valence-electron chi connectivity index (χ0n) is 22.1. The van der Waals surface area contributed by atoms with Crippen LogP contribution in [0, 0.1) is 6.92 Å². The Morgan fingerprint density at radius 1 is 0.900 bits per heavy atom. The first kappa shape index (κ1) is 26.0. The molecule has 0 aliphatic heterocycles. The number of benzene rings is 3. The molecule has 40 heavy (non-hydrogen) atoms. The van der Waals surface area contributed by atoms with Crippen LogP contribution in [-0.2, 0) is 7.05 Å². The van der Waals surface area contributed by atoms with Gasteiger partial charge in [0.05, 0.1) is 24.2 Å². The molecule has 0 saturated carbocycles. The number of urea groups is 1. The average molecular weight is 538 g/mol. The molecule has 3 amide bonds. The number of para-hydroxylation sites is 1. The van der Waals surface area contributed by atoms with Gasteiger partial charge in [-0.25, -0.2) is 9.48 Å². The Balaban J connectivity index is 1.26. The van der Waals surface area contributed by atoms with Crippen molar-refractivity contribution in [3.05, 3.63) is 107 Å². The van der Waals surface area contributed by atoms with Gasteiger partial charge in [-0.15, -0.1) is 0 Å². The Kier molecular flexibility index (Phi) is 7.18. The molecule has 0 saturated heterocycles. The minimum Gasteiger partial charge on any atom is -0.497 e. The van der Waals surface area contributed by atoms with Crippen LogP contribution in [0.2, 0.25) is 0 Å². The van der Waals surface area contributed by atoms with Crippen molar-refractivity contribution in [2.45, 2.75) is 6.92 Å². The van der Waals surface area contributed by atoms with Crippen LogP contribution < -0.4 is 26.2 Å². The summed E-state index contributed by atoms with van der Waals surface area (Å²) in [5.41, 5.74) is 3.30. The fraction of sp³-hybridized carbons (Fsp3) is 0.103. The van der Waals surface area contributed by atoms with E-state index >= 15 is 0 Å². The molecule has 0 radical (unpaired) electrons. The van der Waals surface area contributed by atoms with Gasteiger partial charge in [0.1, 0.15) is 17.3 Å². The molecule has 11 nitrogen and oxygen atoms in total. The number of ether oxygens (including phenoxy) is 1. The molecule has 11 heteroatoms. The van der Waals surface area contributed by atoms with E-state index in [1.165, 1.54) is 10.7 Å². The smallest absolute Gasteiger partial charge is 0.324 e. The van der Waals surface area contributed by atoms with Crippen molar-refractivity contribution in [1.29, 1.82) is 0 Å². The number of nitrogens with zero attached hydrogens (tertiary/aromatic N) is 3. The van der Waals surface area contributed by atoms with Gasteiger partial charge in [0.2, 0.25) is 0 Å². The zero-order chi connectivity index (χ0) is 28.2. The number of rotatable bonds is 7. The zero-order valence-corrected chi connectivity index (χ0v) is 22.1. The monoisotopic (exact) mass is 537 g/mol. The molecule has 3 aromatic carbocycles. The molecule has 0 fully saturated rings. The van der Waals surface area contributed by atoms with Crippen LogP contribution in [0.5, 0.6) is 5.75 Å². The Bertz CT molecular complexity index is 1730. The van der Waals surface area contributed by atoms with Gasteiger partial charge in [0.15, 0.2) is 0 Å². The third kappa shape index (κ3) is 5.34. The van der Waals surface area contributed by atoms with Crippen molar-refractivity contribution < 1.29 is 14.3 Å². The highest BCUT2D eigenvalue weighted by Crippen LogP contribution is 2.23. The Labute approximate surface area is 229 Å². The normalized spacial score (nSPS) is 10.7. The number of hydrogen-bond donors (Lipinski definition) is 4. The predicted octanol–water partition coefficient (Wildman–Crippen LogP) is 4.78. The van der Waals surface area contributed by atoms with Gasteiger partial charge in [-0.2, -0.15) is 5.10 Å². The summed E-state index contributed by atoms with van der Waals surface area (Å²) in [6.45, 7) is 1.76. The lowest BCUT2D eigenvalue weighted by Crippen LogP contribution is -2.23. The van der Waals surface area contributed by atoms with E-state index in [0.717, 1.165) is 11.3 Å². The van der Waals surface area contributed by atoms with Crippen molar-refractivity contribution in [2.75, 3.05) is 23.1 Å². The Morgan fingerprint density at radius 3 is 2.38 bits per heavy atom. The lowest BCUT2D eigenvalue weighted by Gasteiger charge is -2.08. The molecule has 2 heterocycles. The largest absolute Gasteiger partial charge is 0.497 e. The summed E-state index contributed by atoms with van der Waals surface area (Å²) in [6.07, 6.45) is 0. The molecule has 0 unspecified atom stereocenters. The summed E-state index contributed by atoms with van der Waals surface area (Å²) in [7, 11) is 3.35. The number of carbonyl (C=O) groups is 2. The summed E-state index contributed by atoms with van der Waals surface area (Å²) in [5.74, 6) is 0.648. The number of amides is 3. The Hall–Kier alpha value is -5.58. The standard InChI is InChI=1S/C29H27N7O4/c1-18-26(28(38)36(35(18)2)22-10-5-4-6-11-22)32-27(37)20-8-7-9-21(16-20)30-29(39)31-25-17-24(33-34-25)19-12-14-23(40-3)15-13-19/h4-17H,1-3H3,(H,32,37)(H3,30,31,33,34,39). The highest BCUT2D eigenvalue weighted by atomic mass is 16.5. The van der Waals surface area contributed by atoms with Crippen LogP contribution in [0.25, 0.3) is 16.9 Å². The van der Waals surface area contributed by atoms with Crippen molar-refractivity contribution >= 4 is 29.1 Å². The van der Waals surface area contributed by atoms with Crippen LogP contribution in [-0.4, -0.2) is 38.6 Å². The summed E-state index contributed by atoms with van der Waals surface area (Å²) in [6, 6.07) is 24.2. The minimum absolute atomic E-state index is 0.180. The van der Waals surface area contributed by atoms with Gasteiger partial charge >= 0.3 is 6.03 Å². The Morgan fingerprint density at radius 2 is 1.65 bits per heavy atom. The highest BCUT2D eigenvalue weighted by molar-refractivity contribution is 6.06. The van der Waals surface area contributed by atoms with Crippen LogP contribution in [0.3, 0.4) is 0 Å². The number of H-pyrrole nitrogens is 1. The van der Waals surface area contributed by atoms with Gasteiger partial charge in [-0.3, -0.25) is 24.7 Å². The SMILES string of the molecule is COc1ccc(-c2cc(NC(=O)Nc3cccc(C(=O)Nc4c(C)n(C)n(-c5ccccc5)c4=O)c3)[nH]n2)cc1. The number of carbonyl (C=O) groups excluding carboxylic acids is 2. The van der Waals surface area contributed by atoms with Gasteiger partial charge in [0, 0.05) is 29.9 Å².